The van der Waals surface area contributed by atoms with Gasteiger partial charge >= 0.3 is 9.53 Å². The second kappa shape index (κ2) is 11.0. The molecule has 0 amide bonds. The zero-order valence-electron chi connectivity index (χ0n) is 12.4. The predicted molar refractivity (Wildman–Crippen MR) is 78.9 cm³/mol. The first-order valence-electron chi connectivity index (χ1n) is 7.08. The molecule has 1 radical (unpaired) electrons. The lowest BCUT2D eigenvalue weighted by Crippen LogP contribution is -2.24. The molecule has 1 rings (SSSR count). The van der Waals surface area contributed by atoms with Crippen LogP contribution in [0, 0.1) is 5.82 Å². The van der Waals surface area contributed by atoms with E-state index in [4.69, 9.17) is 13.3 Å². The van der Waals surface area contributed by atoms with Gasteiger partial charge in [0.15, 0.2) is 0 Å². The van der Waals surface area contributed by atoms with Crippen LogP contribution in [0.2, 0.25) is 0 Å². The van der Waals surface area contributed by atoms with Crippen molar-refractivity contribution in [2.24, 2.45) is 0 Å². The third-order valence-electron chi connectivity index (χ3n) is 3.05. The van der Waals surface area contributed by atoms with Gasteiger partial charge in [-0.25, -0.2) is 4.39 Å². The molecule has 113 valence electrons. The zero-order valence-corrected chi connectivity index (χ0v) is 13.4. The minimum atomic E-state index is -1.50. The van der Waals surface area contributed by atoms with E-state index in [0.29, 0.717) is 6.61 Å². The van der Waals surface area contributed by atoms with Crippen LogP contribution in [-0.2, 0) is 19.7 Å². The molecule has 0 atom stereocenters. The normalized spacial score (nSPS) is 11.2. The van der Waals surface area contributed by atoms with Crippen molar-refractivity contribution < 1.29 is 17.7 Å². The van der Waals surface area contributed by atoms with Crippen molar-refractivity contribution in [2.45, 2.75) is 38.5 Å². The van der Waals surface area contributed by atoms with Crippen molar-refractivity contribution in [3.63, 3.8) is 0 Å². The van der Waals surface area contributed by atoms with E-state index in [1.807, 2.05) is 6.07 Å². The summed E-state index contributed by atoms with van der Waals surface area (Å²) in [6, 6.07) is 6.86. The standard InChI is InChI=1S/C15H24FO3Si/c1-17-20(18-2)19-12-7-5-3-4-6-9-14-10-8-11-15(16)13-14/h8,10-11,13H,3-7,9,12H2,1-2H3. The lowest BCUT2D eigenvalue weighted by atomic mass is 10.1. The molecule has 0 bridgehead atoms. The summed E-state index contributed by atoms with van der Waals surface area (Å²) in [5.74, 6) is -0.145. The van der Waals surface area contributed by atoms with Gasteiger partial charge in [-0.3, -0.25) is 0 Å². The highest BCUT2D eigenvalue weighted by Crippen LogP contribution is 2.10. The van der Waals surface area contributed by atoms with Crippen molar-refractivity contribution in [2.75, 3.05) is 20.8 Å². The van der Waals surface area contributed by atoms with Crippen LogP contribution < -0.4 is 0 Å². The Morgan fingerprint density at radius 1 is 1.00 bits per heavy atom. The van der Waals surface area contributed by atoms with Crippen molar-refractivity contribution in [3.05, 3.63) is 35.6 Å². The van der Waals surface area contributed by atoms with E-state index < -0.39 is 9.53 Å². The molecule has 0 aliphatic rings. The summed E-state index contributed by atoms with van der Waals surface area (Å²) in [5, 5.41) is 0. The molecule has 0 fully saturated rings. The Labute approximate surface area is 123 Å². The summed E-state index contributed by atoms with van der Waals surface area (Å²) in [7, 11) is 1.71. The molecule has 0 saturated heterocycles. The first-order valence-corrected chi connectivity index (χ1v) is 8.31. The zero-order chi connectivity index (χ0) is 14.6. The Hall–Kier alpha value is -0.753. The van der Waals surface area contributed by atoms with Gasteiger partial charge in [0.25, 0.3) is 0 Å². The minimum absolute atomic E-state index is 0.145. The van der Waals surface area contributed by atoms with Crippen molar-refractivity contribution in [1.29, 1.82) is 0 Å². The van der Waals surface area contributed by atoms with Crippen molar-refractivity contribution >= 4 is 9.53 Å². The van der Waals surface area contributed by atoms with E-state index in [9.17, 15) is 4.39 Å². The maximum atomic E-state index is 13.0. The Kier molecular flexibility index (Phi) is 9.49. The summed E-state index contributed by atoms with van der Waals surface area (Å²) in [4.78, 5) is 0. The molecule has 0 heterocycles. The van der Waals surface area contributed by atoms with Crippen LogP contribution in [0.4, 0.5) is 4.39 Å². The van der Waals surface area contributed by atoms with E-state index in [1.165, 1.54) is 18.9 Å². The van der Waals surface area contributed by atoms with Gasteiger partial charge in [-0.15, -0.1) is 0 Å². The molecule has 5 heteroatoms. The number of hydrogen-bond acceptors (Lipinski definition) is 3. The van der Waals surface area contributed by atoms with Gasteiger partial charge in [0.1, 0.15) is 5.82 Å². The van der Waals surface area contributed by atoms with Gasteiger partial charge in [-0.1, -0.05) is 31.4 Å². The highest BCUT2D eigenvalue weighted by atomic mass is 28.3. The largest absolute Gasteiger partial charge is 0.577 e. The van der Waals surface area contributed by atoms with Crippen LogP contribution in [-0.4, -0.2) is 30.4 Å². The molecule has 0 unspecified atom stereocenters. The fraction of sp³-hybridized carbons (Fsp3) is 0.600. The summed E-state index contributed by atoms with van der Waals surface area (Å²) in [6.45, 7) is 0.694. The number of halogens is 1. The van der Waals surface area contributed by atoms with E-state index in [0.717, 1.165) is 31.2 Å². The summed E-state index contributed by atoms with van der Waals surface area (Å²) in [5.41, 5.74) is 1.08. The summed E-state index contributed by atoms with van der Waals surface area (Å²) < 4.78 is 28.5. The van der Waals surface area contributed by atoms with Gasteiger partial charge in [0.05, 0.1) is 0 Å². The molecule has 0 aromatic heterocycles. The molecule has 0 saturated carbocycles. The topological polar surface area (TPSA) is 27.7 Å². The molecule has 20 heavy (non-hydrogen) atoms. The number of rotatable bonds is 11. The Morgan fingerprint density at radius 2 is 1.70 bits per heavy atom. The number of aryl methyl sites for hydroxylation is 1. The fourth-order valence-corrected chi connectivity index (χ4v) is 2.72. The van der Waals surface area contributed by atoms with Gasteiger partial charge < -0.3 is 13.3 Å². The van der Waals surface area contributed by atoms with Gasteiger partial charge in [0, 0.05) is 20.8 Å². The molecule has 1 aromatic rings. The SMILES string of the molecule is CO[Si](OC)OCCCCCCCc1cccc(F)c1. The molecular formula is C15H24FO3Si. The van der Waals surface area contributed by atoms with Crippen LogP contribution in [0.15, 0.2) is 24.3 Å². The lowest BCUT2D eigenvalue weighted by Gasteiger charge is -2.09. The molecule has 1 aromatic carbocycles. The second-order valence-electron chi connectivity index (χ2n) is 4.65. The fourth-order valence-electron chi connectivity index (χ4n) is 2.01. The Bertz CT molecular complexity index is 359. The second-order valence-corrected chi connectivity index (χ2v) is 6.26. The average molecular weight is 299 g/mol. The van der Waals surface area contributed by atoms with Crippen molar-refractivity contribution in [3.8, 4) is 0 Å². The van der Waals surface area contributed by atoms with E-state index in [1.54, 1.807) is 26.4 Å². The molecule has 0 aliphatic heterocycles. The van der Waals surface area contributed by atoms with Crippen LogP contribution in [0.5, 0.6) is 0 Å². The number of benzene rings is 1. The monoisotopic (exact) mass is 299 g/mol. The quantitative estimate of drug-likeness (QED) is 0.461. The Morgan fingerprint density at radius 3 is 2.40 bits per heavy atom. The molecule has 0 aliphatic carbocycles. The highest BCUT2D eigenvalue weighted by molar-refractivity contribution is 6.36. The first kappa shape index (κ1) is 17.3. The van der Waals surface area contributed by atoms with Crippen LogP contribution >= 0.6 is 0 Å². The molecule has 0 spiro atoms. The lowest BCUT2D eigenvalue weighted by molar-refractivity contribution is 0.133. The van der Waals surface area contributed by atoms with Crippen LogP contribution in [0.3, 0.4) is 0 Å². The van der Waals surface area contributed by atoms with Crippen molar-refractivity contribution in [1.82, 2.24) is 0 Å². The Balaban J connectivity index is 1.95. The van der Waals surface area contributed by atoms with E-state index in [2.05, 4.69) is 0 Å². The minimum Gasteiger partial charge on any atom is -0.375 e. The summed E-state index contributed by atoms with van der Waals surface area (Å²) in [6.07, 6.45) is 6.58. The maximum absolute atomic E-state index is 13.0. The summed E-state index contributed by atoms with van der Waals surface area (Å²) >= 11 is 0. The first-order chi connectivity index (χ1) is 9.76. The molecule has 3 nitrogen and oxygen atoms in total. The molecular weight excluding hydrogens is 275 g/mol. The van der Waals surface area contributed by atoms with E-state index >= 15 is 0 Å². The third-order valence-corrected chi connectivity index (χ3v) is 4.16. The van der Waals surface area contributed by atoms with Gasteiger partial charge in [-0.2, -0.15) is 0 Å². The number of hydrogen-bond donors (Lipinski definition) is 0. The van der Waals surface area contributed by atoms with E-state index in [-0.39, 0.29) is 5.82 Å². The maximum Gasteiger partial charge on any atom is 0.577 e. The molecule has 0 N–H and O–H groups in total. The third kappa shape index (κ3) is 7.74. The number of unbranched alkanes of at least 4 members (excludes halogenated alkanes) is 4. The highest BCUT2D eigenvalue weighted by Gasteiger charge is 2.13. The smallest absolute Gasteiger partial charge is 0.375 e. The predicted octanol–water partition coefficient (Wildman–Crippen LogP) is 3.61. The van der Waals surface area contributed by atoms with Crippen LogP contribution in [0.25, 0.3) is 0 Å². The van der Waals surface area contributed by atoms with Crippen LogP contribution in [0.1, 0.15) is 37.7 Å². The van der Waals surface area contributed by atoms with Gasteiger partial charge in [-0.05, 0) is 37.0 Å². The average Bonchev–Trinajstić information content (AvgIpc) is 2.46. The van der Waals surface area contributed by atoms with Gasteiger partial charge in [0.2, 0.25) is 0 Å².